The van der Waals surface area contributed by atoms with Crippen molar-refractivity contribution in [1.29, 1.82) is 0 Å². The molecule has 4 aromatic rings. The Morgan fingerprint density at radius 2 is 1.64 bits per heavy atom. The molecule has 3 aromatic heterocycles. The van der Waals surface area contributed by atoms with E-state index < -0.39 is 0 Å². The Hall–Kier alpha value is -3.94. The summed E-state index contributed by atoms with van der Waals surface area (Å²) in [6.45, 7) is 0. The van der Waals surface area contributed by atoms with Crippen molar-refractivity contribution in [3.63, 3.8) is 0 Å². The van der Waals surface area contributed by atoms with Crippen LogP contribution in [0.2, 0.25) is 0 Å². The summed E-state index contributed by atoms with van der Waals surface area (Å²) in [6.07, 6.45) is 9.80. The lowest BCUT2D eigenvalue weighted by Crippen LogP contribution is -2.48. The van der Waals surface area contributed by atoms with Gasteiger partial charge >= 0.3 is 6.03 Å². The predicted molar refractivity (Wildman–Crippen MR) is 138 cm³/mol. The normalized spacial score (nSPS) is 23.3. The molecule has 4 N–H and O–H groups in total. The van der Waals surface area contributed by atoms with Gasteiger partial charge in [-0.2, -0.15) is 9.61 Å². The quantitative estimate of drug-likeness (QED) is 0.440. The van der Waals surface area contributed by atoms with Crippen LogP contribution in [0.15, 0.2) is 54.9 Å². The van der Waals surface area contributed by atoms with Crippen molar-refractivity contribution in [2.24, 2.45) is 5.73 Å². The van der Waals surface area contributed by atoms with Crippen molar-refractivity contribution < 1.29 is 4.79 Å². The van der Waals surface area contributed by atoms with Gasteiger partial charge in [-0.3, -0.25) is 4.98 Å². The van der Waals surface area contributed by atoms with Gasteiger partial charge in [-0.1, -0.05) is 36.4 Å². The summed E-state index contributed by atoms with van der Waals surface area (Å²) in [6, 6.07) is 14.3. The average Bonchev–Trinajstić information content (AvgIpc) is 3.58. The monoisotopic (exact) mass is 479 g/mol. The predicted octanol–water partition coefficient (Wildman–Crippen LogP) is 4.71. The third-order valence-electron chi connectivity index (χ3n) is 8.25. The smallest absolute Gasteiger partial charge is 0.315 e. The minimum Gasteiger partial charge on any atom is -0.383 e. The second kappa shape index (κ2) is 8.05. The minimum absolute atomic E-state index is 0.191. The van der Waals surface area contributed by atoms with Crippen molar-refractivity contribution in [2.45, 2.75) is 62.4 Å². The van der Waals surface area contributed by atoms with Crippen LogP contribution in [0.5, 0.6) is 0 Å². The molecule has 1 aliphatic carbocycles. The van der Waals surface area contributed by atoms with Gasteiger partial charge in [0.25, 0.3) is 0 Å². The van der Waals surface area contributed by atoms with Gasteiger partial charge in [0.15, 0.2) is 5.65 Å². The van der Waals surface area contributed by atoms with Crippen LogP contribution < -0.4 is 11.5 Å². The van der Waals surface area contributed by atoms with E-state index in [1.165, 1.54) is 0 Å². The van der Waals surface area contributed by atoms with Crippen LogP contribution in [-0.2, 0) is 0 Å². The largest absolute Gasteiger partial charge is 0.383 e. The van der Waals surface area contributed by atoms with Gasteiger partial charge in [-0.05, 0) is 50.5 Å². The molecule has 0 radical (unpaired) electrons. The number of aromatic nitrogens is 4. The molecule has 3 atom stereocenters. The second-order valence-electron chi connectivity index (χ2n) is 10.5. The number of rotatable bonds is 4. The average molecular weight is 480 g/mol. The fourth-order valence-corrected chi connectivity index (χ4v) is 6.44. The molecule has 2 amide bonds. The molecule has 1 aromatic carbocycles. The van der Waals surface area contributed by atoms with E-state index in [-0.39, 0.29) is 24.0 Å². The summed E-state index contributed by atoms with van der Waals surface area (Å²) in [7, 11) is 0. The summed E-state index contributed by atoms with van der Waals surface area (Å²) < 4.78 is 1.80. The maximum Gasteiger partial charge on any atom is 0.315 e. The molecule has 2 saturated heterocycles. The summed E-state index contributed by atoms with van der Waals surface area (Å²) in [4.78, 5) is 23.9. The molecule has 8 heteroatoms. The first-order valence-electron chi connectivity index (χ1n) is 12.8. The van der Waals surface area contributed by atoms with Gasteiger partial charge in [0, 0.05) is 46.5 Å². The number of primary amides is 1. The number of carbonyl (C=O) groups excluding carboxylic acids is 1. The van der Waals surface area contributed by atoms with E-state index in [4.69, 9.17) is 21.4 Å². The Balaban J connectivity index is 1.30. The minimum atomic E-state index is -0.296. The molecule has 7 rings (SSSR count). The number of nitrogens with two attached hydrogens (primary N) is 2. The van der Waals surface area contributed by atoms with Gasteiger partial charge < -0.3 is 16.4 Å². The van der Waals surface area contributed by atoms with Gasteiger partial charge in [0.05, 0.1) is 17.6 Å². The molecule has 2 aliphatic heterocycles. The molecule has 1 unspecified atom stereocenters. The number of fused-ring (bicyclic) bond motifs is 3. The maximum atomic E-state index is 12.0. The number of carbonyl (C=O) groups is 1. The summed E-state index contributed by atoms with van der Waals surface area (Å²) in [5, 5.41) is 4.64. The lowest BCUT2D eigenvalue weighted by Gasteiger charge is -2.38. The van der Waals surface area contributed by atoms with Crippen LogP contribution in [0.3, 0.4) is 0 Å². The Bertz CT molecular complexity index is 1450. The number of hydrogen-bond acceptors (Lipinski definition) is 5. The van der Waals surface area contributed by atoms with Gasteiger partial charge in [0.2, 0.25) is 0 Å². The van der Waals surface area contributed by atoms with Gasteiger partial charge in [0.1, 0.15) is 5.82 Å². The SMILES string of the molecule is NC(=O)N1[C@@H]2CC[C@H]1CC(c1nc3c(-c4ccc(-c5ccccc5)nc4)cnn3c(N)c1C1CC1)C2. The van der Waals surface area contributed by atoms with Crippen LogP contribution in [0.4, 0.5) is 10.6 Å². The maximum absolute atomic E-state index is 12.0. The Morgan fingerprint density at radius 1 is 0.889 bits per heavy atom. The highest BCUT2D eigenvalue weighted by molar-refractivity contribution is 5.79. The number of pyridine rings is 1. The number of anilines is 1. The van der Waals surface area contributed by atoms with Gasteiger partial charge in [-0.15, -0.1) is 0 Å². The first-order chi connectivity index (χ1) is 17.6. The van der Waals surface area contributed by atoms with E-state index in [1.807, 2.05) is 41.6 Å². The number of urea groups is 1. The van der Waals surface area contributed by atoms with Crippen molar-refractivity contribution in [3.8, 4) is 22.4 Å². The molecular formula is C28H29N7O. The van der Waals surface area contributed by atoms with Crippen molar-refractivity contribution in [3.05, 3.63) is 66.1 Å². The number of amides is 2. The van der Waals surface area contributed by atoms with E-state index in [0.717, 1.165) is 77.8 Å². The van der Waals surface area contributed by atoms with Crippen molar-refractivity contribution >= 4 is 17.5 Å². The fraction of sp³-hybridized carbons (Fsp3) is 0.357. The lowest BCUT2D eigenvalue weighted by molar-refractivity contribution is 0.145. The molecule has 1 saturated carbocycles. The molecule has 3 fully saturated rings. The molecule has 182 valence electrons. The second-order valence-corrected chi connectivity index (χ2v) is 10.5. The molecule has 5 heterocycles. The zero-order valence-corrected chi connectivity index (χ0v) is 20.0. The first-order valence-corrected chi connectivity index (χ1v) is 12.8. The number of nitrogen functional groups attached to an aromatic ring is 1. The fourth-order valence-electron chi connectivity index (χ4n) is 6.44. The zero-order valence-electron chi connectivity index (χ0n) is 20.0. The molecule has 36 heavy (non-hydrogen) atoms. The van der Waals surface area contributed by atoms with Crippen LogP contribution in [0.1, 0.15) is 61.6 Å². The Kier molecular flexibility index (Phi) is 4.77. The molecule has 8 nitrogen and oxygen atoms in total. The van der Waals surface area contributed by atoms with E-state index >= 15 is 0 Å². The van der Waals surface area contributed by atoms with Crippen molar-refractivity contribution in [2.75, 3.05) is 5.73 Å². The molecule has 2 bridgehead atoms. The number of nitrogens with zero attached hydrogens (tertiary/aromatic N) is 5. The topological polar surface area (TPSA) is 115 Å². The van der Waals surface area contributed by atoms with E-state index in [0.29, 0.717) is 11.7 Å². The highest BCUT2D eigenvalue weighted by Crippen LogP contribution is 2.50. The summed E-state index contributed by atoms with van der Waals surface area (Å²) in [5.41, 5.74) is 19.4. The van der Waals surface area contributed by atoms with Crippen LogP contribution in [0, 0.1) is 0 Å². The van der Waals surface area contributed by atoms with E-state index in [2.05, 4.69) is 23.3 Å². The Labute approximate surface area is 209 Å². The number of benzene rings is 1. The third kappa shape index (κ3) is 3.35. The Morgan fingerprint density at radius 3 is 2.28 bits per heavy atom. The standard InChI is InChI=1S/C28H29N7O/c29-26-24(17-6-7-17)25(19-12-20-9-10-21(13-19)34(20)28(30)36)33-27-22(15-32-35(26)27)18-8-11-23(31-14-18)16-4-2-1-3-5-16/h1-5,8,11,14-15,17,19-21H,6-7,9-10,12-13,29H2,(H2,30,36)/t19?,20-,21+. The van der Waals surface area contributed by atoms with Crippen LogP contribution in [-0.4, -0.2) is 42.6 Å². The van der Waals surface area contributed by atoms with Gasteiger partial charge in [-0.25, -0.2) is 9.78 Å². The molecule has 0 spiro atoms. The lowest BCUT2D eigenvalue weighted by atomic mass is 9.85. The molecular weight excluding hydrogens is 450 g/mol. The van der Waals surface area contributed by atoms with Crippen LogP contribution in [0.25, 0.3) is 28.0 Å². The third-order valence-corrected chi connectivity index (χ3v) is 8.25. The van der Waals surface area contributed by atoms with Crippen LogP contribution >= 0.6 is 0 Å². The highest BCUT2D eigenvalue weighted by atomic mass is 16.2. The zero-order chi connectivity index (χ0) is 24.4. The highest BCUT2D eigenvalue weighted by Gasteiger charge is 2.45. The van der Waals surface area contributed by atoms with E-state index in [1.54, 1.807) is 4.52 Å². The number of piperidine rings is 1. The molecule has 3 aliphatic rings. The summed E-state index contributed by atoms with van der Waals surface area (Å²) >= 11 is 0. The van der Waals surface area contributed by atoms with Crippen molar-refractivity contribution in [1.82, 2.24) is 24.5 Å². The summed E-state index contributed by atoms with van der Waals surface area (Å²) in [5.74, 6) is 1.41. The van der Waals surface area contributed by atoms with E-state index in [9.17, 15) is 4.79 Å². The first kappa shape index (κ1) is 21.4. The number of hydrogen-bond donors (Lipinski definition) is 2.